The van der Waals surface area contributed by atoms with Crippen molar-refractivity contribution in [3.05, 3.63) is 27.3 Å². The summed E-state index contributed by atoms with van der Waals surface area (Å²) >= 11 is 7.82. The highest BCUT2D eigenvalue weighted by Gasteiger charge is 2.04. The smallest absolute Gasteiger partial charge is 0.0847 e. The first kappa shape index (κ1) is 13.1. The summed E-state index contributed by atoms with van der Waals surface area (Å²) < 4.78 is 1.23. The van der Waals surface area contributed by atoms with Gasteiger partial charge in [0.05, 0.1) is 12.0 Å². The standard InChI is InChI=1S/C11H15ClINO/c1-2-8-5-9(13)3-4-11(8)14-7-10(15)6-12/h3-5,10,14-15H,2,6-7H2,1H3. The molecule has 0 saturated heterocycles. The average Bonchev–Trinajstić information content (AvgIpc) is 2.26. The van der Waals surface area contributed by atoms with E-state index in [2.05, 4.69) is 47.0 Å². The molecular weight excluding hydrogens is 324 g/mol. The summed E-state index contributed by atoms with van der Waals surface area (Å²) in [6.45, 7) is 2.62. The summed E-state index contributed by atoms with van der Waals surface area (Å²) in [4.78, 5) is 0. The molecule has 0 radical (unpaired) electrons. The molecule has 0 amide bonds. The van der Waals surface area contributed by atoms with E-state index < -0.39 is 6.10 Å². The topological polar surface area (TPSA) is 32.3 Å². The van der Waals surface area contributed by atoms with Crippen LogP contribution in [0.25, 0.3) is 0 Å². The fourth-order valence-corrected chi connectivity index (χ4v) is 1.97. The summed E-state index contributed by atoms with van der Waals surface area (Å²) in [7, 11) is 0. The second kappa shape index (κ2) is 6.55. The van der Waals surface area contributed by atoms with E-state index in [-0.39, 0.29) is 5.88 Å². The van der Waals surface area contributed by atoms with Gasteiger partial charge in [-0.2, -0.15) is 0 Å². The number of hydrogen-bond acceptors (Lipinski definition) is 2. The average molecular weight is 340 g/mol. The zero-order valence-electron chi connectivity index (χ0n) is 8.63. The molecule has 0 bridgehead atoms. The minimum Gasteiger partial charge on any atom is -0.390 e. The predicted octanol–water partition coefficient (Wildman–Crippen LogP) is 2.87. The molecular formula is C11H15ClINO. The maximum Gasteiger partial charge on any atom is 0.0847 e. The molecule has 2 nitrogen and oxygen atoms in total. The zero-order valence-corrected chi connectivity index (χ0v) is 11.5. The van der Waals surface area contributed by atoms with Gasteiger partial charge in [-0.25, -0.2) is 0 Å². The first-order chi connectivity index (χ1) is 7.17. The largest absolute Gasteiger partial charge is 0.390 e. The highest BCUT2D eigenvalue weighted by atomic mass is 127. The normalized spacial score (nSPS) is 12.5. The van der Waals surface area contributed by atoms with Crippen LogP contribution in [-0.2, 0) is 6.42 Å². The maximum absolute atomic E-state index is 9.34. The predicted molar refractivity (Wildman–Crippen MR) is 73.8 cm³/mol. The SMILES string of the molecule is CCc1cc(I)ccc1NCC(O)CCl. The lowest BCUT2D eigenvalue weighted by Crippen LogP contribution is -2.21. The third-order valence-corrected chi connectivity index (χ3v) is 3.18. The van der Waals surface area contributed by atoms with Gasteiger partial charge in [0, 0.05) is 15.8 Å². The molecule has 0 heterocycles. The molecule has 1 aromatic rings. The number of halogens is 2. The molecule has 0 fully saturated rings. The van der Waals surface area contributed by atoms with E-state index in [1.165, 1.54) is 9.13 Å². The number of alkyl halides is 1. The van der Waals surface area contributed by atoms with Crippen LogP contribution in [0, 0.1) is 3.57 Å². The molecule has 0 aromatic heterocycles. The van der Waals surface area contributed by atoms with Gasteiger partial charge in [-0.05, 0) is 52.8 Å². The van der Waals surface area contributed by atoms with Crippen molar-refractivity contribution in [3.63, 3.8) is 0 Å². The molecule has 4 heteroatoms. The molecule has 0 aliphatic heterocycles. The van der Waals surface area contributed by atoms with Crippen LogP contribution in [0.1, 0.15) is 12.5 Å². The minimum absolute atomic E-state index is 0.263. The quantitative estimate of drug-likeness (QED) is 0.639. The number of hydrogen-bond donors (Lipinski definition) is 2. The second-order valence-corrected chi connectivity index (χ2v) is 4.90. The number of aryl methyl sites for hydroxylation is 1. The van der Waals surface area contributed by atoms with Crippen LogP contribution in [-0.4, -0.2) is 23.6 Å². The van der Waals surface area contributed by atoms with Gasteiger partial charge >= 0.3 is 0 Å². The highest BCUT2D eigenvalue weighted by molar-refractivity contribution is 14.1. The van der Waals surface area contributed by atoms with Gasteiger partial charge < -0.3 is 10.4 Å². The number of anilines is 1. The van der Waals surface area contributed by atoms with Crippen LogP contribution >= 0.6 is 34.2 Å². The number of benzene rings is 1. The third kappa shape index (κ3) is 4.17. The molecule has 84 valence electrons. The van der Waals surface area contributed by atoms with Crippen LogP contribution in [0.3, 0.4) is 0 Å². The molecule has 0 aliphatic rings. The molecule has 0 saturated carbocycles. The van der Waals surface area contributed by atoms with E-state index in [0.717, 1.165) is 12.1 Å². The van der Waals surface area contributed by atoms with Gasteiger partial charge in [0.2, 0.25) is 0 Å². The Balaban J connectivity index is 2.67. The van der Waals surface area contributed by atoms with E-state index in [0.29, 0.717) is 6.54 Å². The van der Waals surface area contributed by atoms with Crippen LogP contribution in [0.15, 0.2) is 18.2 Å². The van der Waals surface area contributed by atoms with Gasteiger partial charge in [-0.1, -0.05) is 6.92 Å². The van der Waals surface area contributed by atoms with Crippen LogP contribution in [0.2, 0.25) is 0 Å². The molecule has 0 spiro atoms. The van der Waals surface area contributed by atoms with Crippen molar-refractivity contribution in [1.82, 2.24) is 0 Å². The lowest BCUT2D eigenvalue weighted by atomic mass is 10.1. The lowest BCUT2D eigenvalue weighted by Gasteiger charge is -2.13. The van der Waals surface area contributed by atoms with Crippen molar-refractivity contribution in [2.24, 2.45) is 0 Å². The summed E-state index contributed by atoms with van der Waals surface area (Å²) in [5, 5.41) is 12.5. The number of aliphatic hydroxyl groups excluding tert-OH is 1. The summed E-state index contributed by atoms with van der Waals surface area (Å²) in [5.74, 6) is 0.263. The van der Waals surface area contributed by atoms with Gasteiger partial charge in [-0.15, -0.1) is 11.6 Å². The Morgan fingerprint density at radius 2 is 2.27 bits per heavy atom. The van der Waals surface area contributed by atoms with E-state index in [1.807, 2.05) is 6.07 Å². The van der Waals surface area contributed by atoms with Crippen LogP contribution in [0.4, 0.5) is 5.69 Å². The van der Waals surface area contributed by atoms with Crippen LogP contribution < -0.4 is 5.32 Å². The Kier molecular flexibility index (Phi) is 5.71. The van der Waals surface area contributed by atoms with Crippen molar-refractivity contribution in [3.8, 4) is 0 Å². The maximum atomic E-state index is 9.34. The fourth-order valence-electron chi connectivity index (χ4n) is 1.31. The van der Waals surface area contributed by atoms with Crippen molar-refractivity contribution in [2.45, 2.75) is 19.4 Å². The van der Waals surface area contributed by atoms with Gasteiger partial charge in [0.15, 0.2) is 0 Å². The van der Waals surface area contributed by atoms with Gasteiger partial charge in [0.25, 0.3) is 0 Å². The molecule has 0 aliphatic carbocycles. The van der Waals surface area contributed by atoms with Crippen molar-refractivity contribution in [1.29, 1.82) is 0 Å². The summed E-state index contributed by atoms with van der Waals surface area (Å²) in [5.41, 5.74) is 2.35. The molecule has 15 heavy (non-hydrogen) atoms. The first-order valence-electron chi connectivity index (χ1n) is 4.93. The Morgan fingerprint density at radius 1 is 1.53 bits per heavy atom. The first-order valence-corrected chi connectivity index (χ1v) is 6.55. The van der Waals surface area contributed by atoms with Gasteiger partial charge in [0.1, 0.15) is 0 Å². The Hall–Kier alpha value is -0.0000000000000000555. The van der Waals surface area contributed by atoms with Crippen molar-refractivity contribution in [2.75, 3.05) is 17.7 Å². The molecule has 1 aromatic carbocycles. The zero-order chi connectivity index (χ0) is 11.3. The van der Waals surface area contributed by atoms with E-state index in [4.69, 9.17) is 11.6 Å². The third-order valence-electron chi connectivity index (χ3n) is 2.15. The molecule has 1 atom stereocenters. The summed E-state index contributed by atoms with van der Waals surface area (Å²) in [6.07, 6.45) is 0.492. The minimum atomic E-state index is -0.490. The molecule has 1 unspecified atom stereocenters. The van der Waals surface area contributed by atoms with E-state index in [9.17, 15) is 5.11 Å². The van der Waals surface area contributed by atoms with Gasteiger partial charge in [-0.3, -0.25) is 0 Å². The van der Waals surface area contributed by atoms with E-state index >= 15 is 0 Å². The monoisotopic (exact) mass is 339 g/mol. The second-order valence-electron chi connectivity index (χ2n) is 3.34. The number of aliphatic hydroxyl groups is 1. The number of nitrogens with one attached hydrogen (secondary N) is 1. The van der Waals surface area contributed by atoms with Crippen molar-refractivity contribution < 1.29 is 5.11 Å². The highest BCUT2D eigenvalue weighted by Crippen LogP contribution is 2.19. The van der Waals surface area contributed by atoms with Crippen molar-refractivity contribution >= 4 is 39.9 Å². The number of rotatable bonds is 5. The summed E-state index contributed by atoms with van der Waals surface area (Å²) in [6, 6.07) is 6.24. The van der Waals surface area contributed by atoms with Crippen LogP contribution in [0.5, 0.6) is 0 Å². The Labute approximate surface area is 109 Å². The molecule has 1 rings (SSSR count). The lowest BCUT2D eigenvalue weighted by molar-refractivity contribution is 0.211. The Bertz CT molecular complexity index is 319. The Morgan fingerprint density at radius 3 is 2.87 bits per heavy atom. The fraction of sp³-hybridized carbons (Fsp3) is 0.455. The molecule has 2 N–H and O–H groups in total. The van der Waals surface area contributed by atoms with E-state index in [1.54, 1.807) is 0 Å².